The van der Waals surface area contributed by atoms with Crippen LogP contribution in [-0.4, -0.2) is 15.7 Å². The Morgan fingerprint density at radius 2 is 2.05 bits per heavy atom. The number of nitrogens with zero attached hydrogens (tertiary/aromatic N) is 1. The first-order chi connectivity index (χ1) is 8.85. The molecule has 1 aromatic heterocycles. The van der Waals surface area contributed by atoms with E-state index in [0.717, 1.165) is 23.5 Å². The van der Waals surface area contributed by atoms with Gasteiger partial charge in [-0.25, -0.2) is 4.39 Å². The normalized spacial score (nSPS) is 11.8. The molecular weight excluding hydrogens is 309 g/mol. The molecule has 3 nitrogen and oxygen atoms in total. The molecule has 1 heterocycles. The van der Waals surface area contributed by atoms with Gasteiger partial charge in [-0.3, -0.25) is 5.10 Å². The highest BCUT2D eigenvalue weighted by Crippen LogP contribution is 2.24. The zero-order valence-corrected chi connectivity index (χ0v) is 12.8. The second-order valence-electron chi connectivity index (χ2n) is 5.51. The SMILES string of the molecule is CC(C)(C)NCc1cc(-c2ccc(F)c(Br)c2)n[nH]1. The molecule has 102 valence electrons. The standard InChI is InChI=1S/C14H17BrFN3/c1-14(2,3)17-8-10-7-13(19-18-10)9-4-5-12(16)11(15)6-9/h4-7,17H,8H2,1-3H3,(H,18,19). The lowest BCUT2D eigenvalue weighted by molar-refractivity contribution is 0.421. The lowest BCUT2D eigenvalue weighted by atomic mass is 10.1. The first-order valence-electron chi connectivity index (χ1n) is 6.10. The molecule has 0 fully saturated rings. The molecule has 0 atom stereocenters. The van der Waals surface area contributed by atoms with Crippen LogP contribution in [-0.2, 0) is 6.54 Å². The number of aromatic amines is 1. The van der Waals surface area contributed by atoms with Crippen LogP contribution in [0.1, 0.15) is 26.5 Å². The number of aromatic nitrogens is 2. The number of benzene rings is 1. The van der Waals surface area contributed by atoms with E-state index in [1.54, 1.807) is 12.1 Å². The predicted octanol–water partition coefficient (Wildman–Crippen LogP) is 3.87. The molecule has 0 aliphatic carbocycles. The van der Waals surface area contributed by atoms with Crippen molar-refractivity contribution in [1.29, 1.82) is 0 Å². The van der Waals surface area contributed by atoms with Gasteiger partial charge in [-0.1, -0.05) is 0 Å². The quantitative estimate of drug-likeness (QED) is 0.899. The van der Waals surface area contributed by atoms with Crippen molar-refractivity contribution < 1.29 is 4.39 Å². The van der Waals surface area contributed by atoms with Crippen LogP contribution in [0.15, 0.2) is 28.7 Å². The summed E-state index contributed by atoms with van der Waals surface area (Å²) in [5, 5.41) is 10.6. The van der Waals surface area contributed by atoms with Crippen LogP contribution < -0.4 is 5.32 Å². The van der Waals surface area contributed by atoms with E-state index >= 15 is 0 Å². The van der Waals surface area contributed by atoms with Crippen molar-refractivity contribution >= 4 is 15.9 Å². The molecule has 0 aliphatic heterocycles. The summed E-state index contributed by atoms with van der Waals surface area (Å²) in [7, 11) is 0. The lowest BCUT2D eigenvalue weighted by Crippen LogP contribution is -2.35. The maximum absolute atomic E-state index is 13.2. The van der Waals surface area contributed by atoms with Crippen molar-refractivity contribution in [3.63, 3.8) is 0 Å². The Morgan fingerprint density at radius 3 is 2.68 bits per heavy atom. The van der Waals surface area contributed by atoms with E-state index in [4.69, 9.17) is 0 Å². The summed E-state index contributed by atoms with van der Waals surface area (Å²) in [6, 6.07) is 6.85. The molecule has 0 radical (unpaired) electrons. The smallest absolute Gasteiger partial charge is 0.137 e. The van der Waals surface area contributed by atoms with Crippen LogP contribution in [0.5, 0.6) is 0 Å². The molecule has 0 spiro atoms. The molecule has 2 aromatic rings. The third-order valence-corrected chi connectivity index (χ3v) is 3.26. The lowest BCUT2D eigenvalue weighted by Gasteiger charge is -2.19. The molecular formula is C14H17BrFN3. The summed E-state index contributed by atoms with van der Waals surface area (Å²) in [6.45, 7) is 7.06. The van der Waals surface area contributed by atoms with E-state index in [-0.39, 0.29) is 11.4 Å². The van der Waals surface area contributed by atoms with Gasteiger partial charge in [0.05, 0.1) is 10.2 Å². The first-order valence-corrected chi connectivity index (χ1v) is 6.89. The van der Waals surface area contributed by atoms with E-state index in [1.807, 2.05) is 6.07 Å². The zero-order valence-electron chi connectivity index (χ0n) is 11.2. The minimum absolute atomic E-state index is 0.0597. The number of H-pyrrole nitrogens is 1. The third-order valence-electron chi connectivity index (χ3n) is 2.66. The Bertz CT molecular complexity index is 572. The highest BCUT2D eigenvalue weighted by atomic mass is 79.9. The summed E-state index contributed by atoms with van der Waals surface area (Å²) in [5.74, 6) is -0.270. The topological polar surface area (TPSA) is 40.7 Å². The van der Waals surface area contributed by atoms with E-state index < -0.39 is 0 Å². The summed E-state index contributed by atoms with van der Waals surface area (Å²) in [6.07, 6.45) is 0. The average Bonchev–Trinajstić information content (AvgIpc) is 2.78. The first kappa shape index (κ1) is 14.2. The largest absolute Gasteiger partial charge is 0.306 e. The van der Waals surface area contributed by atoms with Gasteiger partial charge in [-0.15, -0.1) is 0 Å². The maximum atomic E-state index is 13.2. The minimum Gasteiger partial charge on any atom is -0.306 e. The van der Waals surface area contributed by atoms with Gasteiger partial charge < -0.3 is 5.32 Å². The Labute approximate surface area is 120 Å². The molecule has 1 aromatic carbocycles. The number of rotatable bonds is 3. The third kappa shape index (κ3) is 3.88. The summed E-state index contributed by atoms with van der Waals surface area (Å²) < 4.78 is 13.6. The second-order valence-corrected chi connectivity index (χ2v) is 6.37. The van der Waals surface area contributed by atoms with Gasteiger partial charge in [-0.2, -0.15) is 5.10 Å². The van der Waals surface area contributed by atoms with Crippen molar-refractivity contribution in [3.8, 4) is 11.3 Å². The van der Waals surface area contributed by atoms with Gasteiger partial charge in [-0.05, 0) is 61.0 Å². The monoisotopic (exact) mass is 325 g/mol. The molecule has 2 N–H and O–H groups in total. The number of nitrogens with one attached hydrogen (secondary N) is 2. The number of hydrogen-bond donors (Lipinski definition) is 2. The predicted molar refractivity (Wildman–Crippen MR) is 78.3 cm³/mol. The molecule has 5 heteroatoms. The van der Waals surface area contributed by atoms with Crippen LogP contribution in [0.25, 0.3) is 11.3 Å². The summed E-state index contributed by atoms with van der Waals surface area (Å²) in [5.41, 5.74) is 2.76. The molecule has 0 aliphatic rings. The minimum atomic E-state index is -0.270. The van der Waals surface area contributed by atoms with E-state index in [9.17, 15) is 4.39 Å². The molecule has 0 bridgehead atoms. The van der Waals surface area contributed by atoms with E-state index in [0.29, 0.717) is 4.47 Å². The second kappa shape index (κ2) is 5.43. The van der Waals surface area contributed by atoms with Crippen LogP contribution in [0.3, 0.4) is 0 Å². The average molecular weight is 326 g/mol. The fraction of sp³-hybridized carbons (Fsp3) is 0.357. The van der Waals surface area contributed by atoms with Crippen molar-refractivity contribution in [2.24, 2.45) is 0 Å². The van der Waals surface area contributed by atoms with Crippen molar-refractivity contribution in [1.82, 2.24) is 15.5 Å². The van der Waals surface area contributed by atoms with Gasteiger partial charge >= 0.3 is 0 Å². The molecule has 0 saturated heterocycles. The maximum Gasteiger partial charge on any atom is 0.137 e. The summed E-state index contributed by atoms with van der Waals surface area (Å²) >= 11 is 3.18. The highest BCUT2D eigenvalue weighted by molar-refractivity contribution is 9.10. The summed E-state index contributed by atoms with van der Waals surface area (Å²) in [4.78, 5) is 0. The molecule has 2 rings (SSSR count). The van der Waals surface area contributed by atoms with Crippen molar-refractivity contribution in [2.75, 3.05) is 0 Å². The van der Waals surface area contributed by atoms with E-state index in [2.05, 4.69) is 52.2 Å². The van der Waals surface area contributed by atoms with Gasteiger partial charge in [0.2, 0.25) is 0 Å². The van der Waals surface area contributed by atoms with Crippen LogP contribution >= 0.6 is 15.9 Å². The highest BCUT2D eigenvalue weighted by Gasteiger charge is 2.11. The fourth-order valence-corrected chi connectivity index (χ4v) is 1.99. The van der Waals surface area contributed by atoms with Crippen LogP contribution in [0.2, 0.25) is 0 Å². The number of hydrogen-bond acceptors (Lipinski definition) is 2. The Morgan fingerprint density at radius 1 is 1.32 bits per heavy atom. The van der Waals surface area contributed by atoms with Crippen LogP contribution in [0.4, 0.5) is 4.39 Å². The van der Waals surface area contributed by atoms with Gasteiger partial charge in [0, 0.05) is 23.3 Å². The van der Waals surface area contributed by atoms with Gasteiger partial charge in [0.1, 0.15) is 5.82 Å². The van der Waals surface area contributed by atoms with E-state index in [1.165, 1.54) is 6.07 Å². The zero-order chi connectivity index (χ0) is 14.0. The molecule has 0 unspecified atom stereocenters. The molecule has 19 heavy (non-hydrogen) atoms. The Balaban J connectivity index is 2.14. The molecule has 0 amide bonds. The molecule has 0 saturated carbocycles. The van der Waals surface area contributed by atoms with Gasteiger partial charge in [0.15, 0.2) is 0 Å². The van der Waals surface area contributed by atoms with Gasteiger partial charge in [0.25, 0.3) is 0 Å². The van der Waals surface area contributed by atoms with Crippen LogP contribution in [0, 0.1) is 5.82 Å². The Hall–Kier alpha value is -1.20. The van der Waals surface area contributed by atoms with Crippen molar-refractivity contribution in [2.45, 2.75) is 32.9 Å². The van der Waals surface area contributed by atoms with Crippen molar-refractivity contribution in [3.05, 3.63) is 40.2 Å². The number of halogens is 2. The Kier molecular flexibility index (Phi) is 4.06. The fourth-order valence-electron chi connectivity index (χ4n) is 1.62.